The largest absolute Gasteiger partial charge is 0.480 e. The summed E-state index contributed by atoms with van der Waals surface area (Å²) in [4.78, 5) is 25.3. The summed E-state index contributed by atoms with van der Waals surface area (Å²) in [5, 5.41) is 9.25. The van der Waals surface area contributed by atoms with E-state index in [1.165, 1.54) is 12.0 Å². The Morgan fingerprint density at radius 2 is 2.00 bits per heavy atom. The van der Waals surface area contributed by atoms with Crippen LogP contribution in [0.3, 0.4) is 0 Å². The molecule has 0 saturated carbocycles. The van der Waals surface area contributed by atoms with E-state index in [1.54, 1.807) is 0 Å². The third-order valence-electron chi connectivity index (χ3n) is 3.63. The first-order valence-electron chi connectivity index (χ1n) is 6.76. The number of carbonyl (C=O) groups is 2. The fourth-order valence-corrected chi connectivity index (χ4v) is 2.61. The van der Waals surface area contributed by atoms with E-state index in [9.17, 15) is 14.7 Å². The zero-order valence-corrected chi connectivity index (χ0v) is 11.5. The number of ether oxygens (including phenoxy) is 1. The van der Waals surface area contributed by atoms with Crippen molar-refractivity contribution in [2.24, 2.45) is 0 Å². The molecule has 5 nitrogen and oxygen atoms in total. The number of likely N-dealkylation sites (tertiary alicyclic amines) is 1. The molecule has 108 valence electrons. The summed E-state index contributed by atoms with van der Waals surface area (Å²) in [6.45, 7) is 0.475. The van der Waals surface area contributed by atoms with Crippen LogP contribution in [0.2, 0.25) is 0 Å². The smallest absolute Gasteiger partial charge is 0.326 e. The minimum Gasteiger partial charge on any atom is -0.480 e. The highest BCUT2D eigenvalue weighted by Crippen LogP contribution is 2.25. The fourth-order valence-electron chi connectivity index (χ4n) is 2.61. The van der Waals surface area contributed by atoms with Gasteiger partial charge in [-0.3, -0.25) is 4.79 Å². The van der Waals surface area contributed by atoms with E-state index >= 15 is 0 Å². The number of nitrogens with zero attached hydrogens (tertiary/aromatic N) is 1. The molecule has 1 N–H and O–H groups in total. The second-order valence-electron chi connectivity index (χ2n) is 4.91. The van der Waals surface area contributed by atoms with Gasteiger partial charge in [0.1, 0.15) is 6.04 Å². The molecule has 0 spiro atoms. The molecule has 1 amide bonds. The van der Waals surface area contributed by atoms with E-state index in [0.717, 1.165) is 18.4 Å². The average Bonchev–Trinajstić information content (AvgIpc) is 2.49. The van der Waals surface area contributed by atoms with Gasteiger partial charge in [-0.15, -0.1) is 0 Å². The summed E-state index contributed by atoms with van der Waals surface area (Å²) in [5.41, 5.74) is 0.745. The van der Waals surface area contributed by atoms with Crippen LogP contribution in [0.5, 0.6) is 0 Å². The van der Waals surface area contributed by atoms with E-state index in [4.69, 9.17) is 4.74 Å². The molecule has 1 aliphatic heterocycles. The molecule has 0 aliphatic carbocycles. The molecule has 0 aromatic heterocycles. The highest BCUT2D eigenvalue weighted by Gasteiger charge is 2.35. The van der Waals surface area contributed by atoms with Crippen molar-refractivity contribution in [2.45, 2.75) is 31.4 Å². The number of aliphatic carboxylic acids is 1. The molecule has 2 atom stereocenters. The number of benzene rings is 1. The van der Waals surface area contributed by atoms with E-state index < -0.39 is 18.1 Å². The lowest BCUT2D eigenvalue weighted by molar-refractivity contribution is -0.157. The number of piperidine rings is 1. The molecule has 1 aliphatic rings. The van der Waals surface area contributed by atoms with Gasteiger partial charge in [-0.1, -0.05) is 30.3 Å². The fraction of sp³-hybridized carbons (Fsp3) is 0.467. The molecule has 1 saturated heterocycles. The first-order valence-corrected chi connectivity index (χ1v) is 6.76. The minimum atomic E-state index is -0.944. The third kappa shape index (κ3) is 2.99. The maximum Gasteiger partial charge on any atom is 0.326 e. The van der Waals surface area contributed by atoms with Gasteiger partial charge in [-0.05, 0) is 24.8 Å². The van der Waals surface area contributed by atoms with E-state index in [2.05, 4.69) is 0 Å². The number of methoxy groups -OCH3 is 1. The topological polar surface area (TPSA) is 66.8 Å². The van der Waals surface area contributed by atoms with Gasteiger partial charge in [-0.25, -0.2) is 4.79 Å². The molecule has 2 rings (SSSR count). The zero-order valence-electron chi connectivity index (χ0n) is 11.5. The van der Waals surface area contributed by atoms with Crippen molar-refractivity contribution >= 4 is 11.9 Å². The predicted octanol–water partition coefficient (Wildman–Crippen LogP) is 1.84. The quantitative estimate of drug-likeness (QED) is 0.912. The van der Waals surface area contributed by atoms with Crippen molar-refractivity contribution < 1.29 is 19.4 Å². The van der Waals surface area contributed by atoms with Crippen LogP contribution < -0.4 is 0 Å². The van der Waals surface area contributed by atoms with Crippen LogP contribution in [0, 0.1) is 0 Å². The lowest BCUT2D eigenvalue weighted by Crippen LogP contribution is -2.49. The van der Waals surface area contributed by atoms with Crippen LogP contribution in [0.15, 0.2) is 30.3 Å². The second kappa shape index (κ2) is 6.52. The Hall–Kier alpha value is -1.88. The number of rotatable bonds is 4. The molecule has 1 aromatic rings. The molecule has 1 aromatic carbocycles. The minimum absolute atomic E-state index is 0.272. The molecule has 1 fully saturated rings. The number of carboxylic acids is 1. The van der Waals surface area contributed by atoms with E-state index in [1.807, 2.05) is 30.3 Å². The first kappa shape index (κ1) is 14.5. The Morgan fingerprint density at radius 3 is 2.60 bits per heavy atom. The Labute approximate surface area is 118 Å². The number of amides is 1. The third-order valence-corrected chi connectivity index (χ3v) is 3.63. The van der Waals surface area contributed by atoms with Crippen molar-refractivity contribution in [3.8, 4) is 0 Å². The van der Waals surface area contributed by atoms with E-state index in [-0.39, 0.29) is 5.91 Å². The van der Waals surface area contributed by atoms with Crippen LogP contribution in [0.4, 0.5) is 0 Å². The summed E-state index contributed by atoms with van der Waals surface area (Å²) in [5.74, 6) is -1.22. The van der Waals surface area contributed by atoms with Crippen LogP contribution in [0.1, 0.15) is 30.9 Å². The molecule has 1 heterocycles. The van der Waals surface area contributed by atoms with Crippen LogP contribution in [0.25, 0.3) is 0 Å². The number of carboxylic acid groups (broad SMARTS) is 1. The summed E-state index contributed by atoms with van der Waals surface area (Å²) in [6, 6.07) is 8.41. The Morgan fingerprint density at radius 1 is 1.30 bits per heavy atom. The van der Waals surface area contributed by atoms with Crippen LogP contribution in [-0.2, 0) is 14.3 Å². The van der Waals surface area contributed by atoms with E-state index in [0.29, 0.717) is 13.0 Å². The zero-order chi connectivity index (χ0) is 14.5. The van der Waals surface area contributed by atoms with Crippen molar-refractivity contribution in [3.05, 3.63) is 35.9 Å². The lowest BCUT2D eigenvalue weighted by Gasteiger charge is -2.35. The second-order valence-corrected chi connectivity index (χ2v) is 4.91. The molecule has 20 heavy (non-hydrogen) atoms. The van der Waals surface area contributed by atoms with Gasteiger partial charge in [0.2, 0.25) is 0 Å². The first-order chi connectivity index (χ1) is 9.65. The van der Waals surface area contributed by atoms with Crippen molar-refractivity contribution in [2.75, 3.05) is 13.7 Å². The summed E-state index contributed by atoms with van der Waals surface area (Å²) < 4.78 is 5.30. The molecule has 0 radical (unpaired) electrons. The van der Waals surface area contributed by atoms with Gasteiger partial charge in [-0.2, -0.15) is 0 Å². The number of carbonyl (C=O) groups excluding carboxylic acids is 1. The highest BCUT2D eigenvalue weighted by atomic mass is 16.5. The molecular formula is C15H19NO4. The maximum absolute atomic E-state index is 12.6. The standard InChI is InChI=1S/C15H19NO4/c1-20-13(11-7-3-2-4-8-11)14(17)16-10-6-5-9-12(16)15(18)19/h2-4,7-8,12-13H,5-6,9-10H2,1H3,(H,18,19)/t12-,13-/m1/s1. The van der Waals surface area contributed by atoms with Crippen molar-refractivity contribution in [1.29, 1.82) is 0 Å². The molecule has 0 unspecified atom stereocenters. The van der Waals surface area contributed by atoms with Crippen LogP contribution >= 0.6 is 0 Å². The monoisotopic (exact) mass is 277 g/mol. The molecule has 5 heteroatoms. The summed E-state index contributed by atoms with van der Waals surface area (Å²) >= 11 is 0. The van der Waals surface area contributed by atoms with Gasteiger partial charge < -0.3 is 14.7 Å². The van der Waals surface area contributed by atoms with Crippen molar-refractivity contribution in [1.82, 2.24) is 4.90 Å². The Balaban J connectivity index is 2.21. The highest BCUT2D eigenvalue weighted by molar-refractivity contribution is 5.87. The Kier molecular flexibility index (Phi) is 4.74. The van der Waals surface area contributed by atoms with Gasteiger partial charge >= 0.3 is 5.97 Å². The van der Waals surface area contributed by atoms with Gasteiger partial charge in [0, 0.05) is 13.7 Å². The van der Waals surface area contributed by atoms with Gasteiger partial charge in [0.15, 0.2) is 6.10 Å². The SMILES string of the molecule is CO[C@@H](C(=O)N1CCCC[C@@H]1C(=O)O)c1ccccc1. The number of hydrogen-bond donors (Lipinski definition) is 1. The van der Waals surface area contributed by atoms with Crippen LogP contribution in [-0.4, -0.2) is 41.6 Å². The van der Waals surface area contributed by atoms with Gasteiger partial charge in [0.05, 0.1) is 0 Å². The summed E-state index contributed by atoms with van der Waals surface area (Å²) in [6.07, 6.45) is 1.44. The summed E-state index contributed by atoms with van der Waals surface area (Å²) in [7, 11) is 1.47. The lowest BCUT2D eigenvalue weighted by atomic mass is 10.00. The number of hydrogen-bond acceptors (Lipinski definition) is 3. The van der Waals surface area contributed by atoms with Gasteiger partial charge in [0.25, 0.3) is 5.91 Å². The van der Waals surface area contributed by atoms with Crippen molar-refractivity contribution in [3.63, 3.8) is 0 Å². The molecular weight excluding hydrogens is 258 g/mol. The normalized spacial score (nSPS) is 20.4. The Bertz CT molecular complexity index is 474. The maximum atomic E-state index is 12.6. The predicted molar refractivity (Wildman–Crippen MR) is 73.2 cm³/mol. The molecule has 0 bridgehead atoms. The average molecular weight is 277 g/mol.